The lowest BCUT2D eigenvalue weighted by Gasteiger charge is -2.23. The Labute approximate surface area is 166 Å². The quantitative estimate of drug-likeness (QED) is 0.310. The molecule has 8 heteroatoms. The van der Waals surface area contributed by atoms with Crippen LogP contribution in [0.3, 0.4) is 0 Å². The summed E-state index contributed by atoms with van der Waals surface area (Å²) in [4.78, 5) is 16.2. The Bertz CT molecular complexity index is 591. The zero-order chi connectivity index (χ0) is 18.2. The Morgan fingerprint density at radius 2 is 1.84 bits per heavy atom. The number of methoxy groups -OCH3 is 2. The Hall–Kier alpha value is -1.71. The minimum atomic E-state index is -0.570. The zero-order valence-corrected chi connectivity index (χ0v) is 17.8. The SMILES string of the molecule is CCNC(=O)C(C)(C)CNC(N)=NCc1ccc(OC)c(OC)c1.I. The van der Waals surface area contributed by atoms with E-state index >= 15 is 0 Å². The van der Waals surface area contributed by atoms with E-state index in [-0.39, 0.29) is 29.9 Å². The van der Waals surface area contributed by atoms with Gasteiger partial charge in [-0.25, -0.2) is 4.99 Å². The van der Waals surface area contributed by atoms with Crippen LogP contribution in [0.2, 0.25) is 0 Å². The number of halogens is 1. The molecule has 0 aliphatic rings. The van der Waals surface area contributed by atoms with Gasteiger partial charge >= 0.3 is 0 Å². The number of amides is 1. The van der Waals surface area contributed by atoms with Crippen molar-refractivity contribution in [3.05, 3.63) is 23.8 Å². The minimum absolute atomic E-state index is 0. The van der Waals surface area contributed by atoms with E-state index in [0.717, 1.165) is 5.56 Å². The van der Waals surface area contributed by atoms with Gasteiger partial charge in [-0.1, -0.05) is 6.07 Å². The van der Waals surface area contributed by atoms with Crippen LogP contribution in [0.1, 0.15) is 26.3 Å². The number of benzene rings is 1. The van der Waals surface area contributed by atoms with E-state index in [0.29, 0.717) is 37.1 Å². The first-order chi connectivity index (χ1) is 11.3. The Morgan fingerprint density at radius 1 is 1.20 bits per heavy atom. The van der Waals surface area contributed by atoms with Gasteiger partial charge in [-0.2, -0.15) is 0 Å². The van der Waals surface area contributed by atoms with Gasteiger partial charge in [0.15, 0.2) is 17.5 Å². The lowest BCUT2D eigenvalue weighted by molar-refractivity contribution is -0.128. The van der Waals surface area contributed by atoms with Gasteiger partial charge in [0.25, 0.3) is 0 Å². The first-order valence-electron chi connectivity index (χ1n) is 7.87. The molecular weight excluding hydrogens is 435 g/mol. The second-order valence-corrected chi connectivity index (χ2v) is 5.99. The number of nitrogens with one attached hydrogen (secondary N) is 2. The maximum atomic E-state index is 11.9. The van der Waals surface area contributed by atoms with Crippen LogP contribution >= 0.6 is 24.0 Å². The molecule has 1 amide bonds. The molecule has 1 aromatic carbocycles. The predicted molar refractivity (Wildman–Crippen MR) is 111 cm³/mol. The van der Waals surface area contributed by atoms with Crippen molar-refractivity contribution >= 4 is 35.8 Å². The van der Waals surface area contributed by atoms with Gasteiger partial charge in [-0.15, -0.1) is 24.0 Å². The van der Waals surface area contributed by atoms with Gasteiger partial charge in [-0.3, -0.25) is 4.79 Å². The number of carbonyl (C=O) groups is 1. The van der Waals surface area contributed by atoms with Crippen LogP contribution in [0.4, 0.5) is 0 Å². The average Bonchev–Trinajstić information content (AvgIpc) is 2.58. The highest BCUT2D eigenvalue weighted by atomic mass is 127. The number of hydrogen-bond donors (Lipinski definition) is 3. The molecular formula is C17H29IN4O3. The largest absolute Gasteiger partial charge is 0.493 e. The normalized spacial score (nSPS) is 11.3. The first-order valence-corrected chi connectivity index (χ1v) is 7.87. The fourth-order valence-corrected chi connectivity index (χ4v) is 2.00. The number of guanidine groups is 1. The molecule has 0 radical (unpaired) electrons. The molecule has 0 bridgehead atoms. The summed E-state index contributed by atoms with van der Waals surface area (Å²) in [6, 6.07) is 5.58. The Balaban J connectivity index is 0.00000576. The van der Waals surface area contributed by atoms with Crippen LogP contribution in [0.5, 0.6) is 11.5 Å². The molecule has 0 fully saturated rings. The van der Waals surface area contributed by atoms with E-state index < -0.39 is 5.41 Å². The third kappa shape index (κ3) is 7.37. The van der Waals surface area contributed by atoms with Crippen LogP contribution in [-0.2, 0) is 11.3 Å². The van der Waals surface area contributed by atoms with Crippen molar-refractivity contribution in [2.24, 2.45) is 16.1 Å². The van der Waals surface area contributed by atoms with E-state index in [9.17, 15) is 4.79 Å². The van der Waals surface area contributed by atoms with E-state index in [1.54, 1.807) is 14.2 Å². The second-order valence-electron chi connectivity index (χ2n) is 5.99. The minimum Gasteiger partial charge on any atom is -0.493 e. The number of hydrogen-bond acceptors (Lipinski definition) is 4. The molecule has 0 saturated carbocycles. The molecule has 0 aliphatic heterocycles. The third-order valence-corrected chi connectivity index (χ3v) is 3.54. The summed E-state index contributed by atoms with van der Waals surface area (Å²) in [5.41, 5.74) is 6.26. The van der Waals surface area contributed by atoms with Gasteiger partial charge in [0.2, 0.25) is 5.91 Å². The van der Waals surface area contributed by atoms with Crippen LogP contribution in [0, 0.1) is 5.41 Å². The molecule has 4 N–H and O–H groups in total. The van der Waals surface area contributed by atoms with Crippen molar-refractivity contribution < 1.29 is 14.3 Å². The van der Waals surface area contributed by atoms with Gasteiger partial charge in [0.1, 0.15) is 0 Å². The Morgan fingerprint density at radius 3 is 2.40 bits per heavy atom. The molecule has 25 heavy (non-hydrogen) atoms. The molecule has 0 heterocycles. The molecule has 7 nitrogen and oxygen atoms in total. The van der Waals surface area contributed by atoms with E-state index in [4.69, 9.17) is 15.2 Å². The van der Waals surface area contributed by atoms with E-state index in [2.05, 4.69) is 15.6 Å². The lowest BCUT2D eigenvalue weighted by Crippen LogP contribution is -2.46. The van der Waals surface area contributed by atoms with Crippen molar-refractivity contribution in [1.29, 1.82) is 0 Å². The summed E-state index contributed by atoms with van der Waals surface area (Å²) in [5, 5.41) is 5.80. The van der Waals surface area contributed by atoms with Gasteiger partial charge in [-0.05, 0) is 38.5 Å². The van der Waals surface area contributed by atoms with Crippen molar-refractivity contribution in [1.82, 2.24) is 10.6 Å². The first kappa shape index (κ1) is 23.3. The monoisotopic (exact) mass is 464 g/mol. The summed E-state index contributed by atoms with van der Waals surface area (Å²) in [7, 11) is 3.18. The molecule has 0 spiro atoms. The molecule has 0 atom stereocenters. The fourth-order valence-electron chi connectivity index (χ4n) is 2.00. The highest BCUT2D eigenvalue weighted by Gasteiger charge is 2.26. The highest BCUT2D eigenvalue weighted by molar-refractivity contribution is 14.0. The number of nitrogens with zero attached hydrogens (tertiary/aromatic N) is 1. The van der Waals surface area contributed by atoms with E-state index in [1.807, 2.05) is 39.0 Å². The van der Waals surface area contributed by atoms with Gasteiger partial charge in [0.05, 0.1) is 26.2 Å². The van der Waals surface area contributed by atoms with Crippen LogP contribution in [0.25, 0.3) is 0 Å². The van der Waals surface area contributed by atoms with Crippen LogP contribution in [-0.4, -0.2) is 39.2 Å². The topological polar surface area (TPSA) is 98.0 Å². The van der Waals surface area contributed by atoms with Crippen molar-refractivity contribution in [3.8, 4) is 11.5 Å². The van der Waals surface area contributed by atoms with Gasteiger partial charge < -0.3 is 25.8 Å². The highest BCUT2D eigenvalue weighted by Crippen LogP contribution is 2.27. The Kier molecular flexibility index (Phi) is 10.3. The molecule has 142 valence electrons. The fraction of sp³-hybridized carbons (Fsp3) is 0.529. The summed E-state index contributed by atoms with van der Waals surface area (Å²) >= 11 is 0. The summed E-state index contributed by atoms with van der Waals surface area (Å²) in [6.45, 7) is 7.01. The van der Waals surface area contributed by atoms with Crippen LogP contribution in [0.15, 0.2) is 23.2 Å². The maximum Gasteiger partial charge on any atom is 0.227 e. The molecule has 0 unspecified atom stereocenters. The number of nitrogens with two attached hydrogens (primary N) is 1. The molecule has 1 rings (SSSR count). The van der Waals surface area contributed by atoms with Crippen LogP contribution < -0.4 is 25.8 Å². The average molecular weight is 464 g/mol. The summed E-state index contributed by atoms with van der Waals surface area (Å²) in [6.07, 6.45) is 0. The maximum absolute atomic E-state index is 11.9. The van der Waals surface area contributed by atoms with Crippen molar-refractivity contribution in [2.45, 2.75) is 27.3 Å². The predicted octanol–water partition coefficient (Wildman–Crippen LogP) is 1.89. The third-order valence-electron chi connectivity index (χ3n) is 3.54. The number of rotatable bonds is 8. The molecule has 0 aromatic heterocycles. The number of aliphatic imine (C=N–C) groups is 1. The molecule has 1 aromatic rings. The number of carbonyl (C=O) groups excluding carboxylic acids is 1. The number of ether oxygens (including phenoxy) is 2. The van der Waals surface area contributed by atoms with Gasteiger partial charge in [0, 0.05) is 13.1 Å². The molecule has 0 saturated heterocycles. The smallest absolute Gasteiger partial charge is 0.227 e. The molecule has 0 aliphatic carbocycles. The van der Waals surface area contributed by atoms with E-state index in [1.165, 1.54) is 0 Å². The van der Waals surface area contributed by atoms with Crippen molar-refractivity contribution in [3.63, 3.8) is 0 Å². The standard InChI is InChI=1S/C17H28N4O3.HI/c1-6-19-15(22)17(2,3)11-21-16(18)20-10-12-7-8-13(23-4)14(9-12)24-5;/h7-9H,6,10-11H2,1-5H3,(H,19,22)(H3,18,20,21);1H. The second kappa shape index (κ2) is 11.0. The summed E-state index contributed by atoms with van der Waals surface area (Å²) in [5.74, 6) is 1.58. The summed E-state index contributed by atoms with van der Waals surface area (Å²) < 4.78 is 10.5. The lowest BCUT2D eigenvalue weighted by atomic mass is 9.92. The van der Waals surface area contributed by atoms with Crippen molar-refractivity contribution in [2.75, 3.05) is 27.3 Å². The zero-order valence-electron chi connectivity index (χ0n) is 15.5.